The number of hydrogen-bond donors (Lipinski definition) is 1. The summed E-state index contributed by atoms with van der Waals surface area (Å²) in [7, 11) is 0. The zero-order chi connectivity index (χ0) is 12.4. The molecule has 0 amide bonds. The van der Waals surface area contributed by atoms with Gasteiger partial charge in [-0.25, -0.2) is 0 Å². The van der Waals surface area contributed by atoms with E-state index in [1.54, 1.807) is 0 Å². The first-order valence-electron chi connectivity index (χ1n) is 6.84. The summed E-state index contributed by atoms with van der Waals surface area (Å²) in [6.45, 7) is 4.85. The number of hydrogen-bond acceptors (Lipinski definition) is 2. The van der Waals surface area contributed by atoms with E-state index in [2.05, 4.69) is 36.5 Å². The fraction of sp³-hybridized carbons (Fsp3) is 0.375. The van der Waals surface area contributed by atoms with Crippen LogP contribution in [0.4, 0.5) is 5.69 Å². The Labute approximate surface area is 108 Å². The number of benzene rings is 1. The summed E-state index contributed by atoms with van der Waals surface area (Å²) >= 11 is 0. The van der Waals surface area contributed by atoms with Gasteiger partial charge in [0, 0.05) is 23.3 Å². The van der Waals surface area contributed by atoms with Gasteiger partial charge in [-0.1, -0.05) is 25.1 Å². The quantitative estimate of drug-likeness (QED) is 0.882. The van der Waals surface area contributed by atoms with Crippen LogP contribution < -0.4 is 5.32 Å². The molecular weight excluding hydrogens is 220 g/mol. The molecule has 1 radical (unpaired) electrons. The lowest BCUT2D eigenvalue weighted by Gasteiger charge is -2.21. The first-order chi connectivity index (χ1) is 8.90. The van der Waals surface area contributed by atoms with E-state index in [9.17, 15) is 0 Å². The van der Waals surface area contributed by atoms with E-state index in [1.807, 2.05) is 0 Å². The molecule has 0 atom stereocenters. The lowest BCUT2D eigenvalue weighted by atomic mass is 9.92. The van der Waals surface area contributed by atoms with Crippen molar-refractivity contribution >= 4 is 16.6 Å². The van der Waals surface area contributed by atoms with Gasteiger partial charge in [-0.15, -0.1) is 0 Å². The second-order valence-corrected chi connectivity index (χ2v) is 4.92. The summed E-state index contributed by atoms with van der Waals surface area (Å²) in [4.78, 5) is 4.83. The number of nitrogens with zero attached hydrogens (tertiary/aromatic N) is 1. The maximum atomic E-state index is 4.83. The first-order valence-corrected chi connectivity index (χ1v) is 6.84. The number of pyridine rings is 1. The highest BCUT2D eigenvalue weighted by Crippen LogP contribution is 2.33. The van der Waals surface area contributed by atoms with E-state index in [4.69, 9.17) is 4.98 Å². The van der Waals surface area contributed by atoms with E-state index in [1.165, 1.54) is 35.2 Å². The Hall–Kier alpha value is -1.57. The summed E-state index contributed by atoms with van der Waals surface area (Å²) < 4.78 is 0. The number of nitrogens with one attached hydrogen (secondary N) is 1. The summed E-state index contributed by atoms with van der Waals surface area (Å²) in [6, 6.07) is 8.44. The standard InChI is InChI=1S/C16H19N2/c1-2-11-17-16-12-7-3-5-9-14(12)18-15-10-6-4-8-13(15)16/h3,5,7,9H,1-2,4,6,8,10-11H2,(H,17,18). The molecule has 0 unspecified atom stereocenters. The van der Waals surface area contributed by atoms with Crippen molar-refractivity contribution in [1.29, 1.82) is 0 Å². The molecule has 18 heavy (non-hydrogen) atoms. The predicted molar refractivity (Wildman–Crippen MR) is 76.8 cm³/mol. The maximum Gasteiger partial charge on any atom is 0.0726 e. The van der Waals surface area contributed by atoms with Gasteiger partial charge >= 0.3 is 0 Å². The second kappa shape index (κ2) is 4.97. The summed E-state index contributed by atoms with van der Waals surface area (Å²) in [6.07, 6.45) is 5.75. The van der Waals surface area contributed by atoms with E-state index >= 15 is 0 Å². The summed E-state index contributed by atoms with van der Waals surface area (Å²) in [5, 5.41) is 4.82. The molecule has 2 aromatic rings. The van der Waals surface area contributed by atoms with Crippen LogP contribution in [0.2, 0.25) is 0 Å². The topological polar surface area (TPSA) is 24.9 Å². The molecular formula is C16H19N2. The van der Waals surface area contributed by atoms with Gasteiger partial charge in [-0.2, -0.15) is 0 Å². The summed E-state index contributed by atoms with van der Waals surface area (Å²) in [5.41, 5.74) is 5.16. The van der Waals surface area contributed by atoms with Gasteiger partial charge in [-0.05, 0) is 43.7 Å². The SMILES string of the molecule is [CH2]CCNc1c2c(nc3ccccc13)CCCC2. The molecule has 1 N–H and O–H groups in total. The average molecular weight is 239 g/mol. The fourth-order valence-corrected chi connectivity index (χ4v) is 2.79. The molecule has 2 heteroatoms. The second-order valence-electron chi connectivity index (χ2n) is 4.92. The van der Waals surface area contributed by atoms with Crippen molar-refractivity contribution in [2.75, 3.05) is 11.9 Å². The van der Waals surface area contributed by atoms with Crippen LogP contribution >= 0.6 is 0 Å². The smallest absolute Gasteiger partial charge is 0.0726 e. The molecule has 1 aliphatic rings. The Bertz CT molecular complexity index is 560. The number of aromatic nitrogens is 1. The highest BCUT2D eigenvalue weighted by atomic mass is 14.9. The Morgan fingerprint density at radius 3 is 2.89 bits per heavy atom. The van der Waals surface area contributed by atoms with E-state index in [0.29, 0.717) is 0 Å². The minimum Gasteiger partial charge on any atom is -0.384 e. The lowest BCUT2D eigenvalue weighted by molar-refractivity contribution is 0.672. The van der Waals surface area contributed by atoms with Crippen LogP contribution in [-0.4, -0.2) is 11.5 Å². The molecule has 0 bridgehead atoms. The average Bonchev–Trinajstić information content (AvgIpc) is 2.43. The lowest BCUT2D eigenvalue weighted by Crippen LogP contribution is -2.11. The van der Waals surface area contributed by atoms with Crippen LogP contribution in [0.1, 0.15) is 30.5 Å². The zero-order valence-corrected chi connectivity index (χ0v) is 10.7. The minimum absolute atomic E-state index is 0.908. The highest BCUT2D eigenvalue weighted by molar-refractivity contribution is 5.93. The Balaban J connectivity index is 2.19. The van der Waals surface area contributed by atoms with Crippen molar-refractivity contribution in [2.45, 2.75) is 32.1 Å². The maximum absolute atomic E-state index is 4.83. The predicted octanol–water partition coefficient (Wildman–Crippen LogP) is 3.75. The Morgan fingerprint density at radius 2 is 2.00 bits per heavy atom. The number of fused-ring (bicyclic) bond motifs is 2. The monoisotopic (exact) mass is 239 g/mol. The van der Waals surface area contributed by atoms with Crippen molar-refractivity contribution in [2.24, 2.45) is 0 Å². The van der Waals surface area contributed by atoms with Crippen LogP contribution in [0.15, 0.2) is 24.3 Å². The number of anilines is 1. The van der Waals surface area contributed by atoms with Crippen LogP contribution in [0, 0.1) is 6.92 Å². The summed E-state index contributed by atoms with van der Waals surface area (Å²) in [5.74, 6) is 0. The van der Waals surface area contributed by atoms with E-state index in [-0.39, 0.29) is 0 Å². The molecule has 1 heterocycles. The highest BCUT2D eigenvalue weighted by Gasteiger charge is 2.17. The molecule has 0 fully saturated rings. The van der Waals surface area contributed by atoms with E-state index in [0.717, 1.165) is 31.3 Å². The number of rotatable bonds is 3. The molecule has 0 aliphatic heterocycles. The van der Waals surface area contributed by atoms with Crippen LogP contribution in [0.25, 0.3) is 10.9 Å². The molecule has 1 aliphatic carbocycles. The Kier molecular flexibility index (Phi) is 3.18. The van der Waals surface area contributed by atoms with Crippen molar-refractivity contribution < 1.29 is 0 Å². The van der Waals surface area contributed by atoms with Gasteiger partial charge in [0.15, 0.2) is 0 Å². The van der Waals surface area contributed by atoms with Gasteiger partial charge in [0.05, 0.1) is 5.52 Å². The molecule has 0 saturated carbocycles. The third-order valence-electron chi connectivity index (χ3n) is 3.65. The van der Waals surface area contributed by atoms with Crippen molar-refractivity contribution in [3.63, 3.8) is 0 Å². The van der Waals surface area contributed by atoms with Crippen LogP contribution in [-0.2, 0) is 12.8 Å². The molecule has 2 nitrogen and oxygen atoms in total. The molecule has 0 saturated heterocycles. The van der Waals surface area contributed by atoms with Crippen molar-refractivity contribution in [3.8, 4) is 0 Å². The van der Waals surface area contributed by atoms with Crippen molar-refractivity contribution in [1.82, 2.24) is 4.98 Å². The normalized spacial score (nSPS) is 14.5. The third kappa shape index (κ3) is 1.96. The molecule has 0 spiro atoms. The molecule has 3 rings (SSSR count). The van der Waals surface area contributed by atoms with Gasteiger partial charge < -0.3 is 5.32 Å². The van der Waals surface area contributed by atoms with Crippen molar-refractivity contribution in [3.05, 3.63) is 42.4 Å². The molecule has 93 valence electrons. The van der Waals surface area contributed by atoms with Gasteiger partial charge in [-0.3, -0.25) is 4.98 Å². The molecule has 1 aromatic heterocycles. The number of para-hydroxylation sites is 1. The van der Waals surface area contributed by atoms with Crippen LogP contribution in [0.3, 0.4) is 0 Å². The van der Waals surface area contributed by atoms with Crippen LogP contribution in [0.5, 0.6) is 0 Å². The minimum atomic E-state index is 0.908. The number of aryl methyl sites for hydroxylation is 1. The third-order valence-corrected chi connectivity index (χ3v) is 3.65. The molecule has 1 aromatic carbocycles. The largest absolute Gasteiger partial charge is 0.384 e. The Morgan fingerprint density at radius 1 is 1.17 bits per heavy atom. The van der Waals surface area contributed by atoms with Gasteiger partial charge in [0.25, 0.3) is 0 Å². The van der Waals surface area contributed by atoms with E-state index < -0.39 is 0 Å². The van der Waals surface area contributed by atoms with Gasteiger partial charge in [0.1, 0.15) is 0 Å². The van der Waals surface area contributed by atoms with Gasteiger partial charge in [0.2, 0.25) is 0 Å². The fourth-order valence-electron chi connectivity index (χ4n) is 2.79. The first kappa shape index (κ1) is 11.5. The zero-order valence-electron chi connectivity index (χ0n) is 10.7.